The zero-order valence-corrected chi connectivity index (χ0v) is 12.6. The minimum atomic E-state index is -0.788. The van der Waals surface area contributed by atoms with Gasteiger partial charge in [-0.3, -0.25) is 4.79 Å². The van der Waals surface area contributed by atoms with E-state index < -0.39 is 11.9 Å². The molecule has 0 bridgehead atoms. The Hall–Kier alpha value is -1.30. The number of hydrogen-bond donors (Lipinski definition) is 1. The first-order valence-electron chi connectivity index (χ1n) is 7.33. The van der Waals surface area contributed by atoms with Crippen molar-refractivity contribution < 1.29 is 14.7 Å². The summed E-state index contributed by atoms with van der Waals surface area (Å²) in [5.41, 5.74) is 0. The second kappa shape index (κ2) is 5.99. The molecule has 2 fully saturated rings. The normalized spacial score (nSPS) is 30.9. The first-order chi connectivity index (χ1) is 9.40. The molecule has 114 valence electrons. The topological polar surface area (TPSA) is 64.1 Å². The predicted molar refractivity (Wildman–Crippen MR) is 75.5 cm³/mol. The third kappa shape index (κ3) is 3.06. The molecule has 0 aliphatic carbocycles. The van der Waals surface area contributed by atoms with E-state index in [9.17, 15) is 9.59 Å². The highest BCUT2D eigenvalue weighted by Crippen LogP contribution is 2.23. The van der Waals surface area contributed by atoms with Gasteiger partial charge >= 0.3 is 12.0 Å². The molecule has 0 aromatic carbocycles. The number of amides is 2. The van der Waals surface area contributed by atoms with Crippen molar-refractivity contribution in [2.45, 2.75) is 25.8 Å². The number of carbonyl (C=O) groups excluding carboxylic acids is 1. The van der Waals surface area contributed by atoms with E-state index in [0.717, 1.165) is 19.5 Å². The smallest absolute Gasteiger partial charge is 0.320 e. The first-order valence-corrected chi connectivity index (χ1v) is 7.33. The van der Waals surface area contributed by atoms with E-state index in [0.29, 0.717) is 31.5 Å². The summed E-state index contributed by atoms with van der Waals surface area (Å²) < 4.78 is 0. The van der Waals surface area contributed by atoms with Gasteiger partial charge in [-0.1, -0.05) is 6.92 Å². The van der Waals surface area contributed by atoms with Gasteiger partial charge in [0.05, 0.1) is 5.92 Å². The van der Waals surface area contributed by atoms with Gasteiger partial charge in [0.15, 0.2) is 0 Å². The van der Waals surface area contributed by atoms with E-state index >= 15 is 0 Å². The second-order valence-corrected chi connectivity index (χ2v) is 6.32. The Morgan fingerprint density at radius 2 is 1.85 bits per heavy atom. The lowest BCUT2D eigenvalue weighted by Gasteiger charge is -2.34. The van der Waals surface area contributed by atoms with Crippen molar-refractivity contribution in [2.24, 2.45) is 11.8 Å². The van der Waals surface area contributed by atoms with Crippen LogP contribution in [0, 0.1) is 11.8 Å². The van der Waals surface area contributed by atoms with Crippen molar-refractivity contribution in [1.29, 1.82) is 0 Å². The lowest BCUT2D eigenvalue weighted by molar-refractivity contribution is -0.143. The summed E-state index contributed by atoms with van der Waals surface area (Å²) in [5, 5.41) is 9.10. The third-order valence-electron chi connectivity index (χ3n) is 4.55. The van der Waals surface area contributed by atoms with Gasteiger partial charge < -0.3 is 19.8 Å². The molecule has 2 aliphatic heterocycles. The summed E-state index contributed by atoms with van der Waals surface area (Å²) in [7, 11) is 4.08. The molecule has 2 amide bonds. The summed E-state index contributed by atoms with van der Waals surface area (Å²) >= 11 is 0. The molecule has 2 heterocycles. The summed E-state index contributed by atoms with van der Waals surface area (Å²) in [6.07, 6.45) is 1.46. The van der Waals surface area contributed by atoms with Crippen LogP contribution in [0.1, 0.15) is 19.8 Å². The molecule has 1 N–H and O–H groups in total. The molecule has 2 unspecified atom stereocenters. The van der Waals surface area contributed by atoms with Crippen LogP contribution in [-0.2, 0) is 4.79 Å². The van der Waals surface area contributed by atoms with Crippen LogP contribution in [0.5, 0.6) is 0 Å². The highest BCUT2D eigenvalue weighted by molar-refractivity contribution is 5.77. The molecule has 0 radical (unpaired) electrons. The molecule has 0 saturated carbocycles. The number of hydrogen-bond acceptors (Lipinski definition) is 3. The number of likely N-dealkylation sites (N-methyl/N-ethyl adjacent to an activating group) is 1. The number of carboxylic acids is 1. The Bertz CT molecular complexity index is 386. The fourth-order valence-electron chi connectivity index (χ4n) is 3.33. The fourth-order valence-corrected chi connectivity index (χ4v) is 3.33. The van der Waals surface area contributed by atoms with E-state index in [1.807, 2.05) is 19.0 Å². The molecule has 6 heteroatoms. The van der Waals surface area contributed by atoms with Gasteiger partial charge in [-0.2, -0.15) is 0 Å². The quantitative estimate of drug-likeness (QED) is 0.813. The molecule has 0 aromatic rings. The van der Waals surface area contributed by atoms with E-state index in [2.05, 4.69) is 11.8 Å². The molecule has 2 rings (SSSR count). The van der Waals surface area contributed by atoms with Gasteiger partial charge in [-0.05, 0) is 32.9 Å². The minimum Gasteiger partial charge on any atom is -0.481 e. The molecule has 20 heavy (non-hydrogen) atoms. The first kappa shape index (κ1) is 15.1. The molecule has 3 atom stereocenters. The maximum Gasteiger partial charge on any atom is 0.320 e. The average Bonchev–Trinajstić information content (AvgIpc) is 2.80. The van der Waals surface area contributed by atoms with Crippen molar-refractivity contribution in [3.8, 4) is 0 Å². The molecular formula is C14H25N3O3. The second-order valence-electron chi connectivity index (χ2n) is 6.32. The Kier molecular flexibility index (Phi) is 4.52. The maximum absolute atomic E-state index is 12.5. The van der Waals surface area contributed by atoms with Gasteiger partial charge in [-0.25, -0.2) is 4.79 Å². The van der Waals surface area contributed by atoms with Gasteiger partial charge in [0.1, 0.15) is 0 Å². The molecule has 2 saturated heterocycles. The van der Waals surface area contributed by atoms with Crippen LogP contribution in [0.15, 0.2) is 0 Å². The van der Waals surface area contributed by atoms with Gasteiger partial charge in [0, 0.05) is 32.2 Å². The molecule has 0 spiro atoms. The van der Waals surface area contributed by atoms with Crippen LogP contribution in [-0.4, -0.2) is 78.1 Å². The minimum absolute atomic E-state index is 0.00662. The van der Waals surface area contributed by atoms with E-state index in [1.165, 1.54) is 0 Å². The Morgan fingerprint density at radius 3 is 2.40 bits per heavy atom. The van der Waals surface area contributed by atoms with E-state index in [1.54, 1.807) is 4.90 Å². The number of likely N-dealkylation sites (tertiary alicyclic amines) is 2. The lowest BCUT2D eigenvalue weighted by atomic mass is 9.99. The molecule has 6 nitrogen and oxygen atoms in total. The number of rotatable bonds is 2. The third-order valence-corrected chi connectivity index (χ3v) is 4.55. The van der Waals surface area contributed by atoms with Crippen LogP contribution in [0.4, 0.5) is 4.79 Å². The largest absolute Gasteiger partial charge is 0.481 e. The van der Waals surface area contributed by atoms with Gasteiger partial charge in [-0.15, -0.1) is 0 Å². The van der Waals surface area contributed by atoms with Crippen molar-refractivity contribution in [3.63, 3.8) is 0 Å². The van der Waals surface area contributed by atoms with Crippen LogP contribution in [0.3, 0.4) is 0 Å². The van der Waals surface area contributed by atoms with Crippen LogP contribution in [0.25, 0.3) is 0 Å². The SMILES string of the molecule is CC1CN(C(=O)N2CCC[C@H](C(=O)O)C2)CC1N(C)C. The van der Waals surface area contributed by atoms with Crippen molar-refractivity contribution in [2.75, 3.05) is 40.3 Å². The average molecular weight is 283 g/mol. The number of nitrogens with zero attached hydrogens (tertiary/aromatic N) is 3. The number of aliphatic carboxylic acids is 1. The van der Waals surface area contributed by atoms with Gasteiger partial charge in [0.25, 0.3) is 0 Å². The molecular weight excluding hydrogens is 258 g/mol. The van der Waals surface area contributed by atoms with Crippen molar-refractivity contribution >= 4 is 12.0 Å². The van der Waals surface area contributed by atoms with E-state index in [4.69, 9.17) is 5.11 Å². The molecule has 0 aromatic heterocycles. The van der Waals surface area contributed by atoms with Crippen LogP contribution in [0.2, 0.25) is 0 Å². The summed E-state index contributed by atoms with van der Waals surface area (Å²) in [4.78, 5) is 29.4. The zero-order chi connectivity index (χ0) is 14.9. The number of urea groups is 1. The summed E-state index contributed by atoms with van der Waals surface area (Å²) in [5.74, 6) is -0.741. The molecule has 2 aliphatic rings. The summed E-state index contributed by atoms with van der Waals surface area (Å²) in [6, 6.07) is 0.395. The summed E-state index contributed by atoms with van der Waals surface area (Å²) in [6.45, 7) is 4.69. The van der Waals surface area contributed by atoms with Gasteiger partial charge in [0.2, 0.25) is 0 Å². The number of carbonyl (C=O) groups is 2. The highest BCUT2D eigenvalue weighted by Gasteiger charge is 2.37. The van der Waals surface area contributed by atoms with E-state index in [-0.39, 0.29) is 6.03 Å². The highest BCUT2D eigenvalue weighted by atomic mass is 16.4. The zero-order valence-electron chi connectivity index (χ0n) is 12.6. The number of carboxylic acid groups (broad SMARTS) is 1. The number of piperidine rings is 1. The Balaban J connectivity index is 1.96. The Labute approximate surface area is 120 Å². The lowest BCUT2D eigenvalue weighted by Crippen LogP contribution is -2.48. The maximum atomic E-state index is 12.5. The van der Waals surface area contributed by atoms with Crippen LogP contribution < -0.4 is 0 Å². The van der Waals surface area contributed by atoms with Crippen LogP contribution >= 0.6 is 0 Å². The monoisotopic (exact) mass is 283 g/mol. The predicted octanol–water partition coefficient (Wildman–Crippen LogP) is 0.785. The van der Waals surface area contributed by atoms with Crippen molar-refractivity contribution in [3.05, 3.63) is 0 Å². The fraction of sp³-hybridized carbons (Fsp3) is 0.857. The standard InChI is InChI=1S/C14H25N3O3/c1-10-7-17(9-12(10)15(2)3)14(20)16-6-4-5-11(8-16)13(18)19/h10-12H,4-9H2,1-3H3,(H,18,19)/t10?,11-,12?/m0/s1. The Morgan fingerprint density at radius 1 is 1.15 bits per heavy atom. The van der Waals surface area contributed by atoms with Crippen molar-refractivity contribution in [1.82, 2.24) is 14.7 Å².